The summed E-state index contributed by atoms with van der Waals surface area (Å²) in [5.74, 6) is -1.02. The van der Waals surface area contributed by atoms with Crippen LogP contribution in [0, 0.1) is 23.1 Å². The largest absolute Gasteiger partial charge is 0.496 e. The highest BCUT2D eigenvalue weighted by Crippen LogP contribution is 2.33. The number of hydrogen-bond donors (Lipinski definition) is 2. The summed E-state index contributed by atoms with van der Waals surface area (Å²) in [7, 11) is 1.58. The molecule has 1 aliphatic rings. The first kappa shape index (κ1) is 25.6. The molecule has 0 radical (unpaired) electrons. The molecule has 0 fully saturated rings. The maximum absolute atomic E-state index is 13.8. The Morgan fingerprint density at radius 2 is 2.00 bits per heavy atom. The van der Waals surface area contributed by atoms with Crippen LogP contribution in [0.2, 0.25) is 0 Å². The van der Waals surface area contributed by atoms with Crippen molar-refractivity contribution < 1.29 is 18.7 Å². The second kappa shape index (κ2) is 10.6. The van der Waals surface area contributed by atoms with Crippen LogP contribution in [0.3, 0.4) is 0 Å². The SMILES string of the molecule is COc1cc(C#N)ccc1CC1CCC=C(C)C(NC(=O)c2cc(C(N)=O)nc3cc(F)ccc23)=C1C. The number of aromatic nitrogens is 1. The van der Waals surface area contributed by atoms with E-state index in [2.05, 4.69) is 22.4 Å². The number of nitriles is 1. The summed E-state index contributed by atoms with van der Waals surface area (Å²) in [5, 5.41) is 12.7. The molecule has 3 N–H and O–H groups in total. The summed E-state index contributed by atoms with van der Waals surface area (Å²) in [6, 6.07) is 12.7. The van der Waals surface area contributed by atoms with E-state index in [0.29, 0.717) is 28.8 Å². The van der Waals surface area contributed by atoms with E-state index in [9.17, 15) is 19.2 Å². The lowest BCUT2D eigenvalue weighted by atomic mass is 9.88. The average Bonchev–Trinajstić information content (AvgIpc) is 3.01. The highest BCUT2D eigenvalue weighted by atomic mass is 19.1. The molecule has 4 rings (SSSR count). The molecule has 0 bridgehead atoms. The number of nitrogens with zero attached hydrogens (tertiary/aromatic N) is 2. The van der Waals surface area contributed by atoms with Crippen LogP contribution < -0.4 is 15.8 Å². The molecule has 0 spiro atoms. The van der Waals surface area contributed by atoms with Gasteiger partial charge < -0.3 is 15.8 Å². The van der Waals surface area contributed by atoms with Gasteiger partial charge in [0.25, 0.3) is 11.8 Å². The number of benzene rings is 2. The molecule has 1 unspecified atom stereocenters. The third kappa shape index (κ3) is 5.36. The second-order valence-corrected chi connectivity index (χ2v) is 9.10. The van der Waals surface area contributed by atoms with Gasteiger partial charge in [0.1, 0.15) is 17.3 Å². The van der Waals surface area contributed by atoms with Gasteiger partial charge in [0.2, 0.25) is 0 Å². The fourth-order valence-corrected chi connectivity index (χ4v) is 4.73. The Morgan fingerprint density at radius 3 is 2.70 bits per heavy atom. The highest BCUT2D eigenvalue weighted by Gasteiger charge is 2.24. The monoisotopic (exact) mass is 498 g/mol. The fraction of sp³-hybridized carbons (Fsp3) is 0.241. The molecule has 1 aliphatic carbocycles. The molecular formula is C29H27FN4O3. The van der Waals surface area contributed by atoms with Gasteiger partial charge in [-0.05, 0) is 86.1 Å². The summed E-state index contributed by atoms with van der Waals surface area (Å²) >= 11 is 0. The lowest BCUT2D eigenvalue weighted by Gasteiger charge is -2.21. The molecule has 1 atom stereocenters. The Labute approximate surface area is 214 Å². The van der Waals surface area contributed by atoms with E-state index in [-0.39, 0.29) is 22.7 Å². The number of pyridine rings is 1. The number of primary amides is 1. The van der Waals surface area contributed by atoms with Gasteiger partial charge in [-0.2, -0.15) is 5.26 Å². The van der Waals surface area contributed by atoms with Crippen LogP contribution in [0.1, 0.15) is 58.7 Å². The van der Waals surface area contributed by atoms with Crippen LogP contribution in [-0.2, 0) is 6.42 Å². The summed E-state index contributed by atoms with van der Waals surface area (Å²) in [4.78, 5) is 29.5. The summed E-state index contributed by atoms with van der Waals surface area (Å²) in [6.07, 6.45) is 4.46. The van der Waals surface area contributed by atoms with E-state index in [1.54, 1.807) is 19.2 Å². The van der Waals surface area contributed by atoms with E-state index in [0.717, 1.165) is 29.6 Å². The number of halogens is 1. The quantitative estimate of drug-likeness (QED) is 0.498. The van der Waals surface area contributed by atoms with Crippen LogP contribution in [0.15, 0.2) is 65.4 Å². The van der Waals surface area contributed by atoms with Gasteiger partial charge in [0.05, 0.1) is 29.8 Å². The highest BCUT2D eigenvalue weighted by molar-refractivity contribution is 6.09. The van der Waals surface area contributed by atoms with Gasteiger partial charge in [0.15, 0.2) is 0 Å². The molecule has 1 heterocycles. The molecule has 1 aromatic heterocycles. The Bertz CT molecular complexity index is 1520. The predicted octanol–water partition coefficient (Wildman–Crippen LogP) is 4.96. The van der Waals surface area contributed by atoms with Crippen LogP contribution >= 0.6 is 0 Å². The number of allylic oxidation sites excluding steroid dienone is 3. The van der Waals surface area contributed by atoms with Gasteiger partial charge in [0, 0.05) is 17.1 Å². The number of carbonyl (C=O) groups excluding carboxylic acids is 2. The number of hydrogen-bond acceptors (Lipinski definition) is 5. The van der Waals surface area contributed by atoms with Crippen LogP contribution in [0.4, 0.5) is 4.39 Å². The molecule has 0 saturated heterocycles. The van der Waals surface area contributed by atoms with Crippen LogP contribution in [-0.4, -0.2) is 23.9 Å². The van der Waals surface area contributed by atoms with Gasteiger partial charge in [-0.15, -0.1) is 0 Å². The zero-order chi connectivity index (χ0) is 26.7. The molecule has 7 nitrogen and oxygen atoms in total. The maximum atomic E-state index is 13.8. The smallest absolute Gasteiger partial charge is 0.267 e. The molecule has 188 valence electrons. The summed E-state index contributed by atoms with van der Waals surface area (Å²) < 4.78 is 19.4. The number of rotatable bonds is 6. The lowest BCUT2D eigenvalue weighted by molar-refractivity contribution is 0.0967. The first-order valence-electron chi connectivity index (χ1n) is 11.9. The Morgan fingerprint density at radius 1 is 1.22 bits per heavy atom. The van der Waals surface area contributed by atoms with Crippen LogP contribution in [0.5, 0.6) is 5.75 Å². The molecule has 2 amide bonds. The molecule has 3 aromatic rings. The Kier molecular flexibility index (Phi) is 7.35. The Balaban J connectivity index is 1.71. The van der Waals surface area contributed by atoms with Crippen molar-refractivity contribution in [1.82, 2.24) is 10.3 Å². The van der Waals surface area contributed by atoms with Crippen molar-refractivity contribution in [3.05, 3.63) is 93.6 Å². The molecule has 37 heavy (non-hydrogen) atoms. The first-order valence-corrected chi connectivity index (χ1v) is 11.9. The van der Waals surface area contributed by atoms with Gasteiger partial charge in [-0.25, -0.2) is 9.37 Å². The zero-order valence-corrected chi connectivity index (χ0v) is 20.9. The van der Waals surface area contributed by atoms with Crippen molar-refractivity contribution >= 4 is 22.7 Å². The van der Waals surface area contributed by atoms with Gasteiger partial charge >= 0.3 is 0 Å². The summed E-state index contributed by atoms with van der Waals surface area (Å²) in [5.41, 5.74) is 9.80. The lowest BCUT2D eigenvalue weighted by Crippen LogP contribution is -2.27. The predicted molar refractivity (Wildman–Crippen MR) is 138 cm³/mol. The Hall–Kier alpha value is -4.51. The van der Waals surface area contributed by atoms with E-state index in [4.69, 9.17) is 10.5 Å². The van der Waals surface area contributed by atoms with Crippen molar-refractivity contribution in [2.75, 3.05) is 7.11 Å². The topological polar surface area (TPSA) is 118 Å². The van der Waals surface area contributed by atoms with E-state index < -0.39 is 17.6 Å². The van der Waals surface area contributed by atoms with Gasteiger partial charge in [-0.1, -0.05) is 12.1 Å². The minimum atomic E-state index is -0.808. The van der Waals surface area contributed by atoms with Crippen LogP contribution in [0.25, 0.3) is 10.9 Å². The molecular weight excluding hydrogens is 471 g/mol. The average molecular weight is 499 g/mol. The zero-order valence-electron chi connectivity index (χ0n) is 20.9. The molecule has 0 aliphatic heterocycles. The first-order chi connectivity index (χ1) is 17.7. The fourth-order valence-electron chi connectivity index (χ4n) is 4.73. The van der Waals surface area contributed by atoms with E-state index in [1.807, 2.05) is 19.9 Å². The minimum absolute atomic E-state index is 0.107. The summed E-state index contributed by atoms with van der Waals surface area (Å²) in [6.45, 7) is 3.94. The second-order valence-electron chi connectivity index (χ2n) is 9.10. The van der Waals surface area contributed by atoms with Gasteiger partial charge in [-0.3, -0.25) is 9.59 Å². The third-order valence-corrected chi connectivity index (χ3v) is 6.76. The number of carbonyl (C=O) groups is 2. The molecule has 8 heteroatoms. The number of amides is 2. The number of fused-ring (bicyclic) bond motifs is 1. The normalized spacial score (nSPS) is 15.5. The number of nitrogens with one attached hydrogen (secondary N) is 1. The number of ether oxygens (including phenoxy) is 1. The van der Waals surface area contributed by atoms with E-state index >= 15 is 0 Å². The minimum Gasteiger partial charge on any atom is -0.496 e. The van der Waals surface area contributed by atoms with Crippen molar-refractivity contribution in [2.24, 2.45) is 11.7 Å². The number of methoxy groups -OCH3 is 1. The van der Waals surface area contributed by atoms with Crippen molar-refractivity contribution in [3.8, 4) is 11.8 Å². The van der Waals surface area contributed by atoms with Crippen molar-refractivity contribution in [2.45, 2.75) is 33.1 Å². The van der Waals surface area contributed by atoms with Crippen molar-refractivity contribution in [1.29, 1.82) is 5.26 Å². The third-order valence-electron chi connectivity index (χ3n) is 6.76. The van der Waals surface area contributed by atoms with E-state index in [1.165, 1.54) is 24.3 Å². The molecule has 2 aromatic carbocycles. The standard InChI is InChI=1S/C29H27FN4O3/c1-16-5-4-6-19(12-20-8-7-18(15-31)11-26(20)37-3)17(2)27(16)34-29(36)23-14-25(28(32)35)33-24-13-21(30)9-10-22(23)24/h5,7-11,13-14,19H,4,6,12H2,1-3H3,(H2,32,35)(H,34,36). The maximum Gasteiger partial charge on any atom is 0.267 e. The molecule has 0 saturated carbocycles. The van der Waals surface area contributed by atoms with Crippen molar-refractivity contribution in [3.63, 3.8) is 0 Å². The number of nitrogens with two attached hydrogens (primary N) is 1.